The van der Waals surface area contributed by atoms with Crippen molar-refractivity contribution in [2.24, 2.45) is 0 Å². The van der Waals surface area contributed by atoms with Gasteiger partial charge in [0.1, 0.15) is 22.0 Å². The molecule has 1 amide bonds. The van der Waals surface area contributed by atoms with Gasteiger partial charge in [-0.05, 0) is 31.5 Å². The summed E-state index contributed by atoms with van der Waals surface area (Å²) in [6.45, 7) is 0.0221. The number of carbonyl (C=O) groups is 2. The van der Waals surface area contributed by atoms with Gasteiger partial charge in [-0.3, -0.25) is 14.2 Å². The Hall–Kier alpha value is -3.34. The topological polar surface area (TPSA) is 99.5 Å². The Kier molecular flexibility index (Phi) is 6.40. The summed E-state index contributed by atoms with van der Waals surface area (Å²) in [5, 5.41) is 2.66. The van der Waals surface area contributed by atoms with Crippen molar-refractivity contribution < 1.29 is 27.8 Å². The van der Waals surface area contributed by atoms with E-state index in [-0.39, 0.29) is 28.3 Å². The van der Waals surface area contributed by atoms with Gasteiger partial charge >= 0.3 is 12.6 Å². The number of hydrogen-bond donors (Lipinski definition) is 1. The summed E-state index contributed by atoms with van der Waals surface area (Å²) >= 11 is 1.04. The fourth-order valence-electron chi connectivity index (χ4n) is 2.78. The summed E-state index contributed by atoms with van der Waals surface area (Å²) in [4.78, 5) is 42.0. The minimum Gasteiger partial charge on any atom is -0.462 e. The number of para-hydroxylation sites is 2. The van der Waals surface area contributed by atoms with Crippen LogP contribution in [0.1, 0.15) is 22.2 Å². The summed E-state index contributed by atoms with van der Waals surface area (Å²) in [6.07, 6.45) is 1.19. The molecule has 0 aliphatic rings. The number of aryl methyl sites for hydroxylation is 1. The average molecular weight is 437 g/mol. The molecule has 1 aromatic carbocycles. The molecule has 30 heavy (non-hydrogen) atoms. The highest BCUT2D eigenvalue weighted by Gasteiger charge is 2.21. The van der Waals surface area contributed by atoms with Crippen LogP contribution in [0, 0.1) is 6.92 Å². The fourth-order valence-corrected chi connectivity index (χ4v) is 3.81. The van der Waals surface area contributed by atoms with Crippen molar-refractivity contribution in [2.75, 3.05) is 11.9 Å². The fraction of sp³-hybridized carbons (Fsp3) is 0.263. The molecular formula is C19H17F2N3O5S. The maximum atomic E-state index is 12.8. The van der Waals surface area contributed by atoms with Gasteiger partial charge in [0, 0.05) is 0 Å². The van der Waals surface area contributed by atoms with Crippen LogP contribution in [0.25, 0.3) is 10.2 Å². The Morgan fingerprint density at radius 1 is 1.30 bits per heavy atom. The minimum atomic E-state index is -3.05. The van der Waals surface area contributed by atoms with Gasteiger partial charge in [-0.15, -0.1) is 11.3 Å². The van der Waals surface area contributed by atoms with Crippen molar-refractivity contribution in [3.63, 3.8) is 0 Å². The molecule has 3 aromatic rings. The number of halogens is 2. The summed E-state index contributed by atoms with van der Waals surface area (Å²) in [5.41, 5.74) is -0.0332. The van der Waals surface area contributed by atoms with Gasteiger partial charge in [0.15, 0.2) is 0 Å². The number of aromatic nitrogens is 2. The average Bonchev–Trinajstić information content (AvgIpc) is 3.03. The van der Waals surface area contributed by atoms with Crippen LogP contribution in [-0.2, 0) is 16.1 Å². The number of benzene rings is 1. The van der Waals surface area contributed by atoms with Crippen molar-refractivity contribution in [1.82, 2.24) is 9.55 Å². The number of anilines is 1. The van der Waals surface area contributed by atoms with Crippen LogP contribution in [0.15, 0.2) is 35.4 Å². The van der Waals surface area contributed by atoms with Crippen LogP contribution in [0.4, 0.5) is 14.5 Å². The van der Waals surface area contributed by atoms with Crippen molar-refractivity contribution in [3.8, 4) is 5.75 Å². The summed E-state index contributed by atoms with van der Waals surface area (Å²) in [6, 6.07) is 5.71. The molecule has 0 fully saturated rings. The van der Waals surface area contributed by atoms with Crippen LogP contribution in [0.2, 0.25) is 0 Å². The first-order chi connectivity index (χ1) is 14.3. The molecule has 1 N–H and O–H groups in total. The van der Waals surface area contributed by atoms with E-state index in [1.165, 1.54) is 24.5 Å². The third-order valence-corrected chi connectivity index (χ3v) is 5.25. The monoisotopic (exact) mass is 437 g/mol. The molecule has 0 saturated carbocycles. The molecule has 0 aliphatic carbocycles. The number of ether oxygens (including phenoxy) is 2. The first-order valence-corrected chi connectivity index (χ1v) is 9.62. The number of hydrogen-bond acceptors (Lipinski definition) is 7. The van der Waals surface area contributed by atoms with Crippen LogP contribution in [0.5, 0.6) is 5.75 Å². The zero-order chi connectivity index (χ0) is 21.8. The van der Waals surface area contributed by atoms with Crippen molar-refractivity contribution in [3.05, 3.63) is 51.4 Å². The molecule has 2 heterocycles. The number of nitrogens with one attached hydrogen (secondary N) is 1. The third-order valence-electron chi connectivity index (χ3n) is 4.07. The second-order valence-corrected chi connectivity index (χ2v) is 7.06. The number of amides is 1. The van der Waals surface area contributed by atoms with Crippen LogP contribution in [-0.4, -0.2) is 34.6 Å². The number of thiophene rings is 1. The zero-order valence-electron chi connectivity index (χ0n) is 16.0. The molecule has 11 heteroatoms. The van der Waals surface area contributed by atoms with Crippen LogP contribution >= 0.6 is 11.3 Å². The van der Waals surface area contributed by atoms with Gasteiger partial charge in [0.05, 0.1) is 24.0 Å². The number of esters is 1. The smallest absolute Gasteiger partial charge is 0.387 e. The van der Waals surface area contributed by atoms with E-state index in [0.717, 1.165) is 15.9 Å². The van der Waals surface area contributed by atoms with Gasteiger partial charge in [-0.25, -0.2) is 9.78 Å². The largest absolute Gasteiger partial charge is 0.462 e. The molecule has 158 valence electrons. The van der Waals surface area contributed by atoms with Crippen molar-refractivity contribution >= 4 is 39.1 Å². The maximum absolute atomic E-state index is 12.8. The first kappa shape index (κ1) is 21.4. The lowest BCUT2D eigenvalue weighted by Crippen LogP contribution is -2.28. The molecule has 0 spiro atoms. The summed E-state index contributed by atoms with van der Waals surface area (Å²) < 4.78 is 35.4. The van der Waals surface area contributed by atoms with Gasteiger partial charge in [-0.2, -0.15) is 8.78 Å². The predicted octanol–water partition coefficient (Wildman–Crippen LogP) is 3.18. The number of rotatable bonds is 7. The molecular weight excluding hydrogens is 420 g/mol. The Balaban J connectivity index is 1.85. The maximum Gasteiger partial charge on any atom is 0.387 e. The number of carbonyl (C=O) groups excluding carboxylic acids is 2. The molecule has 0 radical (unpaired) electrons. The Morgan fingerprint density at radius 2 is 2.03 bits per heavy atom. The van der Waals surface area contributed by atoms with E-state index in [2.05, 4.69) is 15.0 Å². The highest BCUT2D eigenvalue weighted by molar-refractivity contribution is 7.20. The Morgan fingerprint density at radius 3 is 2.73 bits per heavy atom. The highest BCUT2D eigenvalue weighted by Crippen LogP contribution is 2.28. The van der Waals surface area contributed by atoms with E-state index < -0.39 is 30.6 Å². The zero-order valence-corrected chi connectivity index (χ0v) is 16.8. The first-order valence-electron chi connectivity index (χ1n) is 8.81. The summed E-state index contributed by atoms with van der Waals surface area (Å²) in [5.74, 6) is -1.38. The van der Waals surface area contributed by atoms with E-state index in [4.69, 9.17) is 4.74 Å². The molecule has 0 atom stereocenters. The number of nitrogens with zero attached hydrogens (tertiary/aromatic N) is 2. The van der Waals surface area contributed by atoms with Gasteiger partial charge in [0.25, 0.3) is 5.56 Å². The molecule has 0 aliphatic heterocycles. The normalized spacial score (nSPS) is 11.0. The third kappa shape index (κ3) is 4.46. The van der Waals surface area contributed by atoms with E-state index in [9.17, 15) is 23.2 Å². The number of fused-ring (bicyclic) bond motifs is 1. The predicted molar refractivity (Wildman–Crippen MR) is 106 cm³/mol. The molecule has 8 nitrogen and oxygen atoms in total. The van der Waals surface area contributed by atoms with E-state index in [0.29, 0.717) is 10.4 Å². The van der Waals surface area contributed by atoms with E-state index in [1.54, 1.807) is 19.9 Å². The highest BCUT2D eigenvalue weighted by atomic mass is 32.1. The number of alkyl halides is 2. The SMILES string of the molecule is CCOC(=O)c1sc2ncn(CC(=O)Nc3ccccc3OC(F)F)c(=O)c2c1C. The van der Waals surface area contributed by atoms with Crippen LogP contribution in [0.3, 0.4) is 0 Å². The Labute approximate surface area is 173 Å². The van der Waals surface area contributed by atoms with Gasteiger partial charge in [-0.1, -0.05) is 12.1 Å². The summed E-state index contributed by atoms with van der Waals surface area (Å²) in [7, 11) is 0. The molecule has 2 aromatic heterocycles. The lowest BCUT2D eigenvalue weighted by Gasteiger charge is -2.12. The minimum absolute atomic E-state index is 0.0428. The molecule has 0 unspecified atom stereocenters. The van der Waals surface area contributed by atoms with Gasteiger partial charge < -0.3 is 14.8 Å². The van der Waals surface area contributed by atoms with E-state index in [1.807, 2.05) is 0 Å². The standard InChI is InChI=1S/C19H17F2N3O5S/c1-3-28-18(27)15-10(2)14-16(30-15)22-9-24(17(14)26)8-13(25)23-11-6-4-5-7-12(11)29-19(20)21/h4-7,9,19H,3,8H2,1-2H3,(H,23,25). The molecule has 0 bridgehead atoms. The molecule has 0 saturated heterocycles. The lowest BCUT2D eigenvalue weighted by atomic mass is 10.2. The van der Waals surface area contributed by atoms with E-state index >= 15 is 0 Å². The lowest BCUT2D eigenvalue weighted by molar-refractivity contribution is -0.116. The quantitative estimate of drug-likeness (QED) is 0.570. The Bertz CT molecular complexity index is 1160. The second-order valence-electron chi connectivity index (χ2n) is 6.06. The van der Waals surface area contributed by atoms with Crippen molar-refractivity contribution in [1.29, 1.82) is 0 Å². The van der Waals surface area contributed by atoms with Crippen LogP contribution < -0.4 is 15.6 Å². The van der Waals surface area contributed by atoms with Crippen molar-refractivity contribution in [2.45, 2.75) is 27.0 Å². The second kappa shape index (κ2) is 8.99. The molecule has 3 rings (SSSR count). The van der Waals surface area contributed by atoms with Gasteiger partial charge in [0.2, 0.25) is 5.91 Å².